The molecule has 5 aromatic carbocycles. The van der Waals surface area contributed by atoms with Crippen LogP contribution >= 0.6 is 0 Å². The molecule has 35 heavy (non-hydrogen) atoms. The van der Waals surface area contributed by atoms with E-state index < -0.39 is 0 Å². The Morgan fingerprint density at radius 2 is 1.20 bits per heavy atom. The minimum atomic E-state index is 1.14. The molecule has 0 saturated heterocycles. The van der Waals surface area contributed by atoms with Crippen molar-refractivity contribution in [1.29, 1.82) is 0 Å². The third kappa shape index (κ3) is 3.15. The highest BCUT2D eigenvalue weighted by Crippen LogP contribution is 2.41. The summed E-state index contributed by atoms with van der Waals surface area (Å²) in [7, 11) is 0. The molecule has 2 heteroatoms. The minimum Gasteiger partial charge on any atom is -0.196 e. The summed E-state index contributed by atoms with van der Waals surface area (Å²) in [6, 6.07) is 45.4. The molecular weight excluding hydrogens is 424 g/mol. The van der Waals surface area contributed by atoms with E-state index in [9.17, 15) is 0 Å². The summed E-state index contributed by atoms with van der Waals surface area (Å²) in [4.78, 5) is 0. The van der Waals surface area contributed by atoms with Gasteiger partial charge >= 0.3 is 0 Å². The van der Waals surface area contributed by atoms with Gasteiger partial charge in [0.15, 0.2) is 0 Å². The van der Waals surface area contributed by atoms with Crippen molar-refractivity contribution < 1.29 is 4.52 Å². The monoisotopic (exact) mass is 446 g/mol. The normalized spacial score (nSPS) is 11.4. The Balaban J connectivity index is 1.59. The van der Waals surface area contributed by atoms with Gasteiger partial charge in [0, 0.05) is 10.8 Å². The maximum Gasteiger partial charge on any atom is 0.147 e. The molecule has 0 N–H and O–H groups in total. The molecule has 0 saturated carbocycles. The number of nitrogens with zero attached hydrogens (tertiary/aromatic N) is 2. The van der Waals surface area contributed by atoms with Crippen molar-refractivity contribution in [2.24, 2.45) is 0 Å². The second-order valence-electron chi connectivity index (χ2n) is 8.81. The van der Waals surface area contributed by atoms with Crippen LogP contribution in [0.3, 0.4) is 0 Å². The predicted molar refractivity (Wildman–Crippen MR) is 143 cm³/mol. The van der Waals surface area contributed by atoms with E-state index in [1.165, 1.54) is 44.2 Å². The van der Waals surface area contributed by atoms with E-state index in [4.69, 9.17) is 0 Å². The molecule has 0 aliphatic heterocycles. The quantitative estimate of drug-likeness (QED) is 0.150. The number of rotatable bonds is 3. The lowest BCUT2D eigenvalue weighted by Crippen LogP contribution is -2.28. The average molecular weight is 447 g/mol. The summed E-state index contributed by atoms with van der Waals surface area (Å²) in [5.41, 5.74) is 9.67. The smallest absolute Gasteiger partial charge is 0.147 e. The van der Waals surface area contributed by atoms with Gasteiger partial charge in [0.25, 0.3) is 0 Å². The highest BCUT2D eigenvalue weighted by molar-refractivity contribution is 6.06. The SMILES string of the molecule is [c-]1ccn2c3ccc(-c4c(-c5ccccc5)cccc4-c4ccccc4)cc3c3ccccc3[n+]12. The summed E-state index contributed by atoms with van der Waals surface area (Å²) in [5, 5.41) is 2.44. The third-order valence-electron chi connectivity index (χ3n) is 6.82. The van der Waals surface area contributed by atoms with Crippen molar-refractivity contribution in [3.05, 3.63) is 140 Å². The molecule has 0 aliphatic rings. The zero-order valence-electron chi connectivity index (χ0n) is 19.1. The number of aromatic nitrogens is 2. The summed E-state index contributed by atoms with van der Waals surface area (Å²) < 4.78 is 4.26. The molecule has 2 heterocycles. The summed E-state index contributed by atoms with van der Waals surface area (Å²) in [5.74, 6) is 0. The average Bonchev–Trinajstić information content (AvgIpc) is 3.44. The van der Waals surface area contributed by atoms with E-state index in [1.54, 1.807) is 0 Å². The van der Waals surface area contributed by atoms with Gasteiger partial charge in [-0.1, -0.05) is 109 Å². The zero-order valence-corrected chi connectivity index (χ0v) is 19.1. The Morgan fingerprint density at radius 3 is 1.91 bits per heavy atom. The molecule has 0 radical (unpaired) electrons. The molecule has 0 fully saturated rings. The van der Waals surface area contributed by atoms with Crippen LogP contribution in [0, 0.1) is 6.20 Å². The molecule has 0 aliphatic carbocycles. The Hall–Kier alpha value is -4.69. The van der Waals surface area contributed by atoms with Crippen LogP contribution in [0.15, 0.2) is 134 Å². The van der Waals surface area contributed by atoms with E-state index >= 15 is 0 Å². The lowest BCUT2D eigenvalue weighted by molar-refractivity contribution is -0.591. The van der Waals surface area contributed by atoms with Crippen LogP contribution in [0.1, 0.15) is 0 Å². The fourth-order valence-electron chi connectivity index (χ4n) is 5.25. The van der Waals surface area contributed by atoms with Crippen LogP contribution in [-0.2, 0) is 0 Å². The number of hydrogen-bond acceptors (Lipinski definition) is 0. The minimum absolute atomic E-state index is 1.14. The van der Waals surface area contributed by atoms with Crippen LogP contribution in [0.2, 0.25) is 0 Å². The first kappa shape index (κ1) is 19.7. The van der Waals surface area contributed by atoms with Crippen molar-refractivity contribution >= 4 is 21.8 Å². The van der Waals surface area contributed by atoms with Gasteiger partial charge in [0.2, 0.25) is 0 Å². The topological polar surface area (TPSA) is 8.51 Å². The van der Waals surface area contributed by atoms with Gasteiger partial charge in [-0.05, 0) is 57.8 Å². The fraction of sp³-hybridized carbons (Fsp3) is 0. The molecule has 7 rings (SSSR count). The highest BCUT2D eigenvalue weighted by Gasteiger charge is 2.16. The Bertz CT molecular complexity index is 1770. The maximum atomic E-state index is 3.34. The maximum absolute atomic E-state index is 3.34. The first-order valence-electron chi connectivity index (χ1n) is 11.9. The molecule has 0 bridgehead atoms. The van der Waals surface area contributed by atoms with E-state index in [0.717, 1.165) is 11.0 Å². The van der Waals surface area contributed by atoms with Gasteiger partial charge in [0.1, 0.15) is 11.7 Å². The van der Waals surface area contributed by atoms with Crippen molar-refractivity contribution in [3.8, 4) is 33.4 Å². The molecular formula is C33H22N2. The van der Waals surface area contributed by atoms with Crippen LogP contribution < -0.4 is 4.52 Å². The fourth-order valence-corrected chi connectivity index (χ4v) is 5.25. The molecule has 2 nitrogen and oxygen atoms in total. The van der Waals surface area contributed by atoms with Crippen molar-refractivity contribution in [3.63, 3.8) is 0 Å². The molecule has 0 unspecified atom stereocenters. The lowest BCUT2D eigenvalue weighted by Gasteiger charge is -2.17. The third-order valence-corrected chi connectivity index (χ3v) is 6.82. The number of fused-ring (bicyclic) bond motifs is 6. The molecule has 2 aromatic heterocycles. The Morgan fingerprint density at radius 1 is 0.543 bits per heavy atom. The van der Waals surface area contributed by atoms with Gasteiger partial charge in [-0.15, -0.1) is 0 Å². The van der Waals surface area contributed by atoms with Gasteiger partial charge in [-0.2, -0.15) is 9.03 Å². The largest absolute Gasteiger partial charge is 0.196 e. The number of para-hydroxylation sites is 1. The first-order chi connectivity index (χ1) is 17.4. The van der Waals surface area contributed by atoms with E-state index in [1.807, 2.05) is 6.07 Å². The summed E-state index contributed by atoms with van der Waals surface area (Å²) in [6.45, 7) is 0. The molecule has 7 aromatic rings. The van der Waals surface area contributed by atoms with Crippen LogP contribution in [0.5, 0.6) is 0 Å². The Kier molecular flexibility index (Phi) is 4.49. The standard InChI is InChI=1S/C33H22N2/c1-3-11-24(12-4-1)27-16-9-17-28(25-13-5-2-6-14-25)33(27)26-19-20-32-30(23-26)29-15-7-8-18-31(29)34-21-10-22-35(32)34/h1-20,22-23H. The number of hydrogen-bond donors (Lipinski definition) is 0. The molecule has 164 valence electrons. The molecule has 0 amide bonds. The van der Waals surface area contributed by atoms with Gasteiger partial charge in [-0.25, -0.2) is 0 Å². The lowest BCUT2D eigenvalue weighted by atomic mass is 9.87. The predicted octanol–water partition coefficient (Wildman–Crippen LogP) is 7.63. The van der Waals surface area contributed by atoms with Crippen LogP contribution in [-0.4, -0.2) is 4.52 Å². The van der Waals surface area contributed by atoms with E-state index in [0.29, 0.717) is 0 Å². The van der Waals surface area contributed by atoms with Crippen molar-refractivity contribution in [2.75, 3.05) is 0 Å². The second-order valence-corrected chi connectivity index (χ2v) is 8.81. The van der Waals surface area contributed by atoms with Crippen LogP contribution in [0.4, 0.5) is 0 Å². The summed E-state index contributed by atoms with van der Waals surface area (Å²) in [6.07, 6.45) is 5.41. The van der Waals surface area contributed by atoms with Crippen LogP contribution in [0.25, 0.3) is 55.2 Å². The summed E-state index contributed by atoms with van der Waals surface area (Å²) >= 11 is 0. The second kappa shape index (κ2) is 7.96. The van der Waals surface area contributed by atoms with E-state index in [-0.39, 0.29) is 0 Å². The van der Waals surface area contributed by atoms with Crippen molar-refractivity contribution in [1.82, 2.24) is 4.52 Å². The Labute approximate surface area is 203 Å². The highest BCUT2D eigenvalue weighted by atomic mass is 15.3. The van der Waals surface area contributed by atoms with Gasteiger partial charge in [-0.3, -0.25) is 0 Å². The van der Waals surface area contributed by atoms with E-state index in [2.05, 4.69) is 143 Å². The van der Waals surface area contributed by atoms with Gasteiger partial charge < -0.3 is 0 Å². The first-order valence-corrected chi connectivity index (χ1v) is 11.9. The molecule has 0 spiro atoms. The zero-order chi connectivity index (χ0) is 23.2. The number of benzene rings is 5. The molecule has 0 atom stereocenters. The van der Waals surface area contributed by atoms with Gasteiger partial charge in [0.05, 0.1) is 5.52 Å². The van der Waals surface area contributed by atoms with Crippen molar-refractivity contribution in [2.45, 2.75) is 0 Å².